The van der Waals surface area contributed by atoms with Crippen LogP contribution < -0.4 is 5.43 Å². The van der Waals surface area contributed by atoms with Crippen molar-refractivity contribution in [1.82, 2.24) is 15.4 Å². The summed E-state index contributed by atoms with van der Waals surface area (Å²) in [5, 5.41) is 4.16. The maximum atomic E-state index is 11.2. The number of aryl methyl sites for hydroxylation is 1. The zero-order valence-electron chi connectivity index (χ0n) is 10.3. The molecule has 0 saturated heterocycles. The Labute approximate surface area is 104 Å². The van der Waals surface area contributed by atoms with Gasteiger partial charge in [0.25, 0.3) is 0 Å². The van der Waals surface area contributed by atoms with Crippen LogP contribution in [0.5, 0.6) is 0 Å². The maximum Gasteiger partial charge on any atom is 0.240 e. The standard InChI is InChI=1S/C13H14N4O/c1-7-5-12(18)16-17-13(7)9-3-4-10-11(6-9)15-8(2)14-10/h3-4,6-7H,5H2,1-2H3,(H,14,15)(H,16,18)/t7-/m1/s1. The first-order valence-electron chi connectivity index (χ1n) is 5.96. The zero-order chi connectivity index (χ0) is 12.7. The predicted octanol–water partition coefficient (Wildman–Crippen LogP) is 1.73. The molecule has 1 atom stereocenters. The molecule has 0 bridgehead atoms. The predicted molar refractivity (Wildman–Crippen MR) is 69.3 cm³/mol. The number of nitrogens with zero attached hydrogens (tertiary/aromatic N) is 2. The lowest BCUT2D eigenvalue weighted by Gasteiger charge is -2.18. The molecule has 0 radical (unpaired) electrons. The molecule has 2 heterocycles. The first-order chi connectivity index (χ1) is 8.63. The molecule has 1 aromatic carbocycles. The van der Waals surface area contributed by atoms with E-state index >= 15 is 0 Å². The number of imidazole rings is 1. The number of H-pyrrole nitrogens is 1. The number of carbonyl (C=O) groups is 1. The lowest BCUT2D eigenvalue weighted by Crippen LogP contribution is -2.31. The molecule has 0 fully saturated rings. The molecule has 3 rings (SSSR count). The van der Waals surface area contributed by atoms with Gasteiger partial charge in [0.05, 0.1) is 16.7 Å². The van der Waals surface area contributed by atoms with Gasteiger partial charge in [-0.3, -0.25) is 4.79 Å². The van der Waals surface area contributed by atoms with E-state index in [0.29, 0.717) is 6.42 Å². The van der Waals surface area contributed by atoms with Crippen LogP contribution in [0.1, 0.15) is 24.7 Å². The van der Waals surface area contributed by atoms with Crippen LogP contribution in [-0.4, -0.2) is 21.6 Å². The van der Waals surface area contributed by atoms with Gasteiger partial charge < -0.3 is 4.98 Å². The fourth-order valence-corrected chi connectivity index (χ4v) is 2.30. The SMILES string of the molecule is Cc1nc2ccc(C3=NNC(=O)C[C@H]3C)cc2[nH]1. The minimum absolute atomic E-state index is 0.0234. The molecule has 0 aliphatic carbocycles. The van der Waals surface area contributed by atoms with Crippen LogP contribution in [0.25, 0.3) is 11.0 Å². The summed E-state index contributed by atoms with van der Waals surface area (Å²) < 4.78 is 0. The van der Waals surface area contributed by atoms with Crippen LogP contribution in [0.4, 0.5) is 0 Å². The van der Waals surface area contributed by atoms with Crippen molar-refractivity contribution in [2.75, 3.05) is 0 Å². The summed E-state index contributed by atoms with van der Waals surface area (Å²) in [7, 11) is 0. The average Bonchev–Trinajstić information content (AvgIpc) is 2.68. The van der Waals surface area contributed by atoms with Crippen LogP contribution >= 0.6 is 0 Å². The van der Waals surface area contributed by atoms with Crippen molar-refractivity contribution in [3.63, 3.8) is 0 Å². The summed E-state index contributed by atoms with van der Waals surface area (Å²) in [5.74, 6) is 1.01. The van der Waals surface area contributed by atoms with Crippen molar-refractivity contribution >= 4 is 22.7 Å². The van der Waals surface area contributed by atoms with Crippen LogP contribution in [0.3, 0.4) is 0 Å². The van der Waals surface area contributed by atoms with Gasteiger partial charge in [0.1, 0.15) is 5.82 Å². The van der Waals surface area contributed by atoms with E-state index in [1.54, 1.807) is 0 Å². The van der Waals surface area contributed by atoms with Crippen molar-refractivity contribution in [3.05, 3.63) is 29.6 Å². The maximum absolute atomic E-state index is 11.2. The third-order valence-electron chi connectivity index (χ3n) is 3.16. The molecule has 0 unspecified atom stereocenters. The Morgan fingerprint density at radius 3 is 3.00 bits per heavy atom. The molecular formula is C13H14N4O. The highest BCUT2D eigenvalue weighted by atomic mass is 16.2. The zero-order valence-corrected chi connectivity index (χ0v) is 10.3. The van der Waals surface area contributed by atoms with Crippen LogP contribution in [0.15, 0.2) is 23.3 Å². The van der Waals surface area contributed by atoms with Gasteiger partial charge in [-0.25, -0.2) is 10.4 Å². The lowest BCUT2D eigenvalue weighted by molar-refractivity contribution is -0.121. The van der Waals surface area contributed by atoms with Crippen molar-refractivity contribution in [3.8, 4) is 0 Å². The van der Waals surface area contributed by atoms with Crippen LogP contribution in [-0.2, 0) is 4.79 Å². The molecule has 1 amide bonds. The monoisotopic (exact) mass is 242 g/mol. The molecule has 18 heavy (non-hydrogen) atoms. The highest BCUT2D eigenvalue weighted by Crippen LogP contribution is 2.20. The van der Waals surface area contributed by atoms with Gasteiger partial charge in [-0.15, -0.1) is 0 Å². The number of nitrogens with one attached hydrogen (secondary N) is 2. The van der Waals surface area contributed by atoms with E-state index in [0.717, 1.165) is 28.1 Å². The first kappa shape index (κ1) is 11.0. The number of aromatic nitrogens is 2. The lowest BCUT2D eigenvalue weighted by atomic mass is 9.94. The molecule has 1 aromatic heterocycles. The second kappa shape index (κ2) is 3.94. The normalized spacial score (nSPS) is 19.8. The number of hydrogen-bond donors (Lipinski definition) is 2. The summed E-state index contributed by atoms with van der Waals surface area (Å²) >= 11 is 0. The molecule has 2 aromatic rings. The largest absolute Gasteiger partial charge is 0.342 e. The Bertz CT molecular complexity index is 656. The minimum atomic E-state index is -0.0234. The average molecular weight is 242 g/mol. The Hall–Kier alpha value is -2.17. The smallest absolute Gasteiger partial charge is 0.240 e. The van der Waals surface area contributed by atoms with Gasteiger partial charge in [-0.05, 0) is 19.1 Å². The molecule has 0 spiro atoms. The van der Waals surface area contributed by atoms with E-state index in [9.17, 15) is 4.79 Å². The summed E-state index contributed by atoms with van der Waals surface area (Å²) in [5.41, 5.74) is 6.43. The highest BCUT2D eigenvalue weighted by Gasteiger charge is 2.21. The van der Waals surface area contributed by atoms with Gasteiger partial charge in [-0.2, -0.15) is 5.10 Å². The third kappa shape index (κ3) is 1.77. The van der Waals surface area contributed by atoms with Gasteiger partial charge in [-0.1, -0.05) is 13.0 Å². The number of fused-ring (bicyclic) bond motifs is 1. The van der Waals surface area contributed by atoms with Gasteiger partial charge in [0.2, 0.25) is 5.91 Å². The fraction of sp³-hybridized carbons (Fsp3) is 0.308. The third-order valence-corrected chi connectivity index (χ3v) is 3.16. The van der Waals surface area contributed by atoms with E-state index < -0.39 is 0 Å². The highest BCUT2D eigenvalue weighted by molar-refractivity contribution is 6.07. The second-order valence-electron chi connectivity index (χ2n) is 4.69. The summed E-state index contributed by atoms with van der Waals surface area (Å²) in [6.45, 7) is 3.95. The number of aromatic amines is 1. The van der Waals surface area contributed by atoms with E-state index in [4.69, 9.17) is 0 Å². The molecule has 92 valence electrons. The number of amides is 1. The summed E-state index contributed by atoms with van der Waals surface area (Å²) in [6, 6.07) is 6.00. The van der Waals surface area contributed by atoms with Crippen molar-refractivity contribution in [2.24, 2.45) is 11.0 Å². The number of hydrogen-bond acceptors (Lipinski definition) is 3. The Kier molecular flexibility index (Phi) is 2.40. The van der Waals surface area contributed by atoms with Gasteiger partial charge >= 0.3 is 0 Å². The molecule has 1 aliphatic rings. The van der Waals surface area contributed by atoms with Crippen molar-refractivity contribution in [1.29, 1.82) is 0 Å². The quantitative estimate of drug-likeness (QED) is 0.799. The molecule has 5 heteroatoms. The Balaban J connectivity index is 2.06. The molecular weight excluding hydrogens is 228 g/mol. The van der Waals surface area contributed by atoms with E-state index in [1.165, 1.54) is 0 Å². The molecule has 1 aliphatic heterocycles. The van der Waals surface area contributed by atoms with E-state index in [1.807, 2.05) is 32.0 Å². The fourth-order valence-electron chi connectivity index (χ4n) is 2.30. The second-order valence-corrected chi connectivity index (χ2v) is 4.69. The number of rotatable bonds is 1. The Morgan fingerprint density at radius 1 is 1.39 bits per heavy atom. The van der Waals surface area contributed by atoms with Crippen LogP contribution in [0, 0.1) is 12.8 Å². The number of hydrazone groups is 1. The van der Waals surface area contributed by atoms with Crippen LogP contribution in [0.2, 0.25) is 0 Å². The summed E-state index contributed by atoms with van der Waals surface area (Å²) in [6.07, 6.45) is 0.485. The molecule has 2 N–H and O–H groups in total. The van der Waals surface area contributed by atoms with Crippen molar-refractivity contribution in [2.45, 2.75) is 20.3 Å². The molecule has 0 saturated carbocycles. The summed E-state index contributed by atoms with van der Waals surface area (Å²) in [4.78, 5) is 18.8. The topological polar surface area (TPSA) is 70.1 Å². The van der Waals surface area contributed by atoms with Gasteiger partial charge in [0.15, 0.2) is 0 Å². The Morgan fingerprint density at radius 2 is 2.22 bits per heavy atom. The van der Waals surface area contributed by atoms with E-state index in [-0.39, 0.29) is 11.8 Å². The van der Waals surface area contributed by atoms with Gasteiger partial charge in [0, 0.05) is 17.9 Å². The number of carbonyl (C=O) groups excluding carboxylic acids is 1. The first-order valence-corrected chi connectivity index (χ1v) is 5.96. The molecule has 5 nitrogen and oxygen atoms in total. The van der Waals surface area contributed by atoms with E-state index in [2.05, 4.69) is 20.5 Å². The minimum Gasteiger partial charge on any atom is -0.342 e. The number of benzene rings is 1. The van der Waals surface area contributed by atoms with Crippen molar-refractivity contribution < 1.29 is 4.79 Å².